The highest BCUT2D eigenvalue weighted by Crippen LogP contribution is 2.25. The molecule has 124 valence electrons. The topological polar surface area (TPSA) is 50.4 Å². The van der Waals surface area contributed by atoms with E-state index in [1.807, 2.05) is 0 Å². The zero-order valence-corrected chi connectivity index (χ0v) is 12.7. The van der Waals surface area contributed by atoms with Crippen molar-refractivity contribution in [1.29, 1.82) is 0 Å². The molecule has 1 aromatic carbocycles. The van der Waals surface area contributed by atoms with Gasteiger partial charge >= 0.3 is 12.4 Å². The van der Waals surface area contributed by atoms with Crippen molar-refractivity contribution in [2.75, 3.05) is 6.54 Å². The van der Waals surface area contributed by atoms with Gasteiger partial charge in [0.2, 0.25) is 0 Å². The molecule has 0 bridgehead atoms. The average Bonchev–Trinajstić information content (AvgIpc) is 2.41. The monoisotopic (exact) mass is 318 g/mol. The Balaban J connectivity index is 2.42. The lowest BCUT2D eigenvalue weighted by Crippen LogP contribution is -2.35. The van der Waals surface area contributed by atoms with E-state index in [-0.39, 0.29) is 17.9 Å². The summed E-state index contributed by atoms with van der Waals surface area (Å²) in [4.78, 5) is 11.6. The minimum atomic E-state index is -4.75. The molecule has 0 radical (unpaired) electrons. The highest BCUT2D eigenvalue weighted by Gasteiger charge is 2.31. The molecule has 1 rings (SSSR count). The normalized spacial score (nSPS) is 11.4. The predicted molar refractivity (Wildman–Crippen MR) is 77.4 cm³/mol. The van der Waals surface area contributed by atoms with Crippen LogP contribution in [0.1, 0.15) is 32.3 Å². The highest BCUT2D eigenvalue weighted by molar-refractivity contribution is 5.73. The van der Waals surface area contributed by atoms with E-state index in [0.717, 1.165) is 12.8 Å². The molecule has 0 saturated heterocycles. The van der Waals surface area contributed by atoms with Crippen molar-refractivity contribution in [3.05, 3.63) is 29.8 Å². The molecular weight excluding hydrogens is 297 g/mol. The number of halogens is 3. The van der Waals surface area contributed by atoms with Crippen LogP contribution >= 0.6 is 0 Å². The van der Waals surface area contributed by atoms with Crippen LogP contribution in [-0.2, 0) is 6.54 Å². The van der Waals surface area contributed by atoms with E-state index in [2.05, 4.69) is 29.2 Å². The molecule has 0 atom stereocenters. The van der Waals surface area contributed by atoms with Crippen LogP contribution < -0.4 is 15.4 Å². The average molecular weight is 318 g/mol. The second-order valence-electron chi connectivity index (χ2n) is 5.30. The van der Waals surface area contributed by atoms with E-state index in [4.69, 9.17) is 0 Å². The number of hydrogen-bond donors (Lipinski definition) is 2. The van der Waals surface area contributed by atoms with E-state index < -0.39 is 12.4 Å². The van der Waals surface area contributed by atoms with Crippen LogP contribution in [0.3, 0.4) is 0 Å². The Labute approximate surface area is 128 Å². The van der Waals surface area contributed by atoms with Crippen LogP contribution in [0.25, 0.3) is 0 Å². The molecule has 0 spiro atoms. The van der Waals surface area contributed by atoms with Gasteiger partial charge in [-0.3, -0.25) is 0 Å². The summed E-state index contributed by atoms with van der Waals surface area (Å²) in [6.07, 6.45) is -2.89. The third-order valence-electron chi connectivity index (χ3n) is 2.88. The maximum Gasteiger partial charge on any atom is 0.573 e. The zero-order valence-electron chi connectivity index (χ0n) is 12.7. The van der Waals surface area contributed by atoms with E-state index in [9.17, 15) is 18.0 Å². The van der Waals surface area contributed by atoms with Crippen LogP contribution in [0.5, 0.6) is 5.75 Å². The fourth-order valence-electron chi connectivity index (χ4n) is 1.82. The minimum Gasteiger partial charge on any atom is -0.405 e. The first-order chi connectivity index (χ1) is 10.3. The quantitative estimate of drug-likeness (QED) is 0.751. The number of carbonyl (C=O) groups excluding carboxylic acids is 1. The lowest BCUT2D eigenvalue weighted by Gasteiger charge is -2.14. The number of rotatable bonds is 7. The Bertz CT molecular complexity index is 476. The van der Waals surface area contributed by atoms with Gasteiger partial charge in [-0.05, 0) is 24.8 Å². The maximum absolute atomic E-state index is 12.3. The summed E-state index contributed by atoms with van der Waals surface area (Å²) in [5.74, 6) is 0.256. The number of alkyl halides is 3. The van der Waals surface area contributed by atoms with Crippen molar-refractivity contribution in [3.8, 4) is 5.75 Å². The summed E-state index contributed by atoms with van der Waals surface area (Å²) in [5, 5.41) is 5.18. The van der Waals surface area contributed by atoms with Gasteiger partial charge in [-0.25, -0.2) is 4.79 Å². The molecule has 0 unspecified atom stereocenters. The number of hydrogen-bond acceptors (Lipinski definition) is 2. The molecule has 2 amide bonds. The molecular formula is C15H21F3N2O2. The van der Waals surface area contributed by atoms with Crippen LogP contribution in [-0.4, -0.2) is 18.9 Å². The van der Waals surface area contributed by atoms with E-state index in [1.165, 1.54) is 18.2 Å². The molecule has 0 aliphatic rings. The van der Waals surface area contributed by atoms with Crippen molar-refractivity contribution in [3.63, 3.8) is 0 Å². The number of benzene rings is 1. The molecule has 7 heteroatoms. The SMILES string of the molecule is CC(C)CCCNC(=O)NCc1ccccc1OC(F)(F)F. The summed E-state index contributed by atoms with van der Waals surface area (Å²) in [7, 11) is 0. The van der Waals surface area contributed by atoms with Crippen molar-refractivity contribution < 1.29 is 22.7 Å². The molecule has 2 N–H and O–H groups in total. The van der Waals surface area contributed by atoms with Gasteiger partial charge in [0.15, 0.2) is 0 Å². The summed E-state index contributed by atoms with van der Waals surface area (Å²) in [6, 6.07) is 5.30. The summed E-state index contributed by atoms with van der Waals surface area (Å²) < 4.78 is 40.7. The van der Waals surface area contributed by atoms with Gasteiger partial charge in [0.1, 0.15) is 5.75 Å². The number of para-hydroxylation sites is 1. The Morgan fingerprint density at radius 3 is 2.55 bits per heavy atom. The number of urea groups is 1. The smallest absolute Gasteiger partial charge is 0.405 e. The highest BCUT2D eigenvalue weighted by atomic mass is 19.4. The third-order valence-corrected chi connectivity index (χ3v) is 2.88. The molecule has 0 aliphatic heterocycles. The van der Waals surface area contributed by atoms with Gasteiger partial charge in [-0.1, -0.05) is 32.0 Å². The van der Waals surface area contributed by atoms with Gasteiger partial charge in [-0.15, -0.1) is 13.2 Å². The van der Waals surface area contributed by atoms with Crippen molar-refractivity contribution in [1.82, 2.24) is 10.6 Å². The van der Waals surface area contributed by atoms with Gasteiger partial charge in [0, 0.05) is 18.7 Å². The zero-order chi connectivity index (χ0) is 16.6. The Hall–Kier alpha value is -1.92. The molecule has 1 aromatic rings. The van der Waals surface area contributed by atoms with Crippen LogP contribution in [0.2, 0.25) is 0 Å². The molecule has 0 aromatic heterocycles. The molecule has 0 aliphatic carbocycles. The van der Waals surface area contributed by atoms with E-state index in [0.29, 0.717) is 12.5 Å². The third kappa shape index (κ3) is 7.75. The van der Waals surface area contributed by atoms with Gasteiger partial charge < -0.3 is 15.4 Å². The molecule has 4 nitrogen and oxygen atoms in total. The van der Waals surface area contributed by atoms with E-state index >= 15 is 0 Å². The maximum atomic E-state index is 12.3. The van der Waals surface area contributed by atoms with E-state index in [1.54, 1.807) is 6.07 Å². The predicted octanol–water partition coefficient (Wildman–Crippen LogP) is 3.82. The molecule has 0 saturated carbocycles. The summed E-state index contributed by atoms with van der Waals surface area (Å²) in [5.41, 5.74) is 0.261. The first kappa shape index (κ1) is 18.1. The van der Waals surface area contributed by atoms with Gasteiger partial charge in [0.25, 0.3) is 0 Å². The number of ether oxygens (including phenoxy) is 1. The summed E-state index contributed by atoms with van der Waals surface area (Å²) >= 11 is 0. The Kier molecular flexibility index (Phi) is 7.01. The van der Waals surface area contributed by atoms with Gasteiger partial charge in [-0.2, -0.15) is 0 Å². The number of carbonyl (C=O) groups is 1. The lowest BCUT2D eigenvalue weighted by molar-refractivity contribution is -0.274. The fourth-order valence-corrected chi connectivity index (χ4v) is 1.82. The van der Waals surface area contributed by atoms with Crippen LogP contribution in [0.4, 0.5) is 18.0 Å². The van der Waals surface area contributed by atoms with Gasteiger partial charge in [0.05, 0.1) is 0 Å². The van der Waals surface area contributed by atoms with Crippen LogP contribution in [0, 0.1) is 5.92 Å². The minimum absolute atomic E-state index is 0.0394. The number of nitrogens with one attached hydrogen (secondary N) is 2. The summed E-state index contributed by atoms with van der Waals surface area (Å²) in [6.45, 7) is 4.68. The second-order valence-corrected chi connectivity index (χ2v) is 5.30. The van der Waals surface area contributed by atoms with Crippen molar-refractivity contribution in [2.45, 2.75) is 39.6 Å². The molecule has 0 heterocycles. The largest absolute Gasteiger partial charge is 0.573 e. The van der Waals surface area contributed by atoms with Crippen LogP contribution in [0.15, 0.2) is 24.3 Å². The molecule has 0 fully saturated rings. The molecule has 22 heavy (non-hydrogen) atoms. The first-order valence-corrected chi connectivity index (χ1v) is 7.13. The Morgan fingerprint density at radius 1 is 1.23 bits per heavy atom. The fraction of sp³-hybridized carbons (Fsp3) is 0.533. The lowest BCUT2D eigenvalue weighted by atomic mass is 10.1. The van der Waals surface area contributed by atoms with Crippen molar-refractivity contribution >= 4 is 6.03 Å². The standard InChI is InChI=1S/C15H21F3N2O2/c1-11(2)6-5-9-19-14(21)20-10-12-7-3-4-8-13(12)22-15(16,17)18/h3-4,7-8,11H,5-6,9-10H2,1-2H3,(H2,19,20,21). The second kappa shape index (κ2) is 8.51. The first-order valence-electron chi connectivity index (χ1n) is 7.13. The Morgan fingerprint density at radius 2 is 1.91 bits per heavy atom. The number of amides is 2. The van der Waals surface area contributed by atoms with Crippen molar-refractivity contribution in [2.24, 2.45) is 5.92 Å².